The molecule has 0 spiro atoms. The number of hydrogen-bond donors (Lipinski definition) is 0. The highest BCUT2D eigenvalue weighted by molar-refractivity contribution is 5.69. The molecule has 14 heavy (non-hydrogen) atoms. The van der Waals surface area contributed by atoms with Gasteiger partial charge in [0.05, 0.1) is 18.8 Å². The second-order valence-corrected chi connectivity index (χ2v) is 4.10. The summed E-state index contributed by atoms with van der Waals surface area (Å²) in [5.41, 5.74) is 0. The van der Waals surface area contributed by atoms with Gasteiger partial charge in [-0.2, -0.15) is 0 Å². The first-order valence-electron chi connectivity index (χ1n) is 5.42. The maximum Gasteiger partial charge on any atom is 0.306 e. The molecule has 0 aromatic heterocycles. The summed E-state index contributed by atoms with van der Waals surface area (Å²) in [6.45, 7) is 6.45. The minimum Gasteiger partial charge on any atom is -0.466 e. The average molecular weight is 200 g/mol. The van der Waals surface area contributed by atoms with E-state index in [-0.39, 0.29) is 18.2 Å². The first kappa shape index (κ1) is 11.5. The third-order valence-corrected chi connectivity index (χ3v) is 2.56. The van der Waals surface area contributed by atoms with Crippen LogP contribution in [0.2, 0.25) is 0 Å². The molecule has 1 saturated heterocycles. The van der Waals surface area contributed by atoms with Crippen molar-refractivity contribution in [2.75, 3.05) is 6.61 Å². The number of esters is 1. The van der Waals surface area contributed by atoms with Crippen LogP contribution in [0, 0.1) is 5.92 Å². The van der Waals surface area contributed by atoms with Crippen molar-refractivity contribution in [3.8, 4) is 0 Å². The summed E-state index contributed by atoms with van der Waals surface area (Å²) in [4.78, 5) is 11.3. The van der Waals surface area contributed by atoms with E-state index in [0.717, 1.165) is 12.8 Å². The van der Waals surface area contributed by atoms with Crippen molar-refractivity contribution in [1.82, 2.24) is 0 Å². The standard InChI is InChI=1S/C11H20O3/c1-4-13-11(12)7-10-5-8(2)14-9(3)6-10/h8-10H,4-7H2,1-3H3/t8-,9+,10?. The van der Waals surface area contributed by atoms with Gasteiger partial charge in [-0.1, -0.05) is 0 Å². The van der Waals surface area contributed by atoms with Crippen molar-refractivity contribution in [2.24, 2.45) is 5.92 Å². The molecule has 0 saturated carbocycles. The fraction of sp³-hybridized carbons (Fsp3) is 0.909. The first-order chi connectivity index (χ1) is 6.61. The van der Waals surface area contributed by atoms with Crippen molar-refractivity contribution in [3.05, 3.63) is 0 Å². The second kappa shape index (κ2) is 5.35. The van der Waals surface area contributed by atoms with Gasteiger partial charge in [0.15, 0.2) is 0 Å². The van der Waals surface area contributed by atoms with E-state index in [4.69, 9.17) is 9.47 Å². The van der Waals surface area contributed by atoms with Gasteiger partial charge in [-0.15, -0.1) is 0 Å². The quantitative estimate of drug-likeness (QED) is 0.655. The van der Waals surface area contributed by atoms with Gasteiger partial charge in [-0.3, -0.25) is 4.79 Å². The molecule has 1 heterocycles. The Labute approximate surface area is 85.8 Å². The summed E-state index contributed by atoms with van der Waals surface area (Å²) in [7, 11) is 0. The normalized spacial score (nSPS) is 32.6. The largest absolute Gasteiger partial charge is 0.466 e. The van der Waals surface area contributed by atoms with E-state index < -0.39 is 0 Å². The lowest BCUT2D eigenvalue weighted by atomic mass is 9.90. The second-order valence-electron chi connectivity index (χ2n) is 4.10. The molecular weight excluding hydrogens is 180 g/mol. The van der Waals surface area contributed by atoms with Gasteiger partial charge in [0.1, 0.15) is 0 Å². The average Bonchev–Trinajstić information content (AvgIpc) is 2.01. The smallest absolute Gasteiger partial charge is 0.306 e. The number of carbonyl (C=O) groups excluding carboxylic acids is 1. The maximum atomic E-state index is 11.3. The van der Waals surface area contributed by atoms with E-state index in [1.54, 1.807) is 0 Å². The summed E-state index contributed by atoms with van der Waals surface area (Å²) < 4.78 is 10.5. The highest BCUT2D eigenvalue weighted by Crippen LogP contribution is 2.27. The Morgan fingerprint density at radius 2 is 1.93 bits per heavy atom. The summed E-state index contributed by atoms with van der Waals surface area (Å²) >= 11 is 0. The summed E-state index contributed by atoms with van der Waals surface area (Å²) in [6, 6.07) is 0. The molecule has 1 fully saturated rings. The predicted molar refractivity (Wildman–Crippen MR) is 54.0 cm³/mol. The Hall–Kier alpha value is -0.570. The molecule has 1 aliphatic heterocycles. The van der Waals surface area contributed by atoms with Crippen LogP contribution in [0.4, 0.5) is 0 Å². The van der Waals surface area contributed by atoms with Crippen LogP contribution in [0.15, 0.2) is 0 Å². The maximum absolute atomic E-state index is 11.3. The summed E-state index contributed by atoms with van der Waals surface area (Å²) in [5.74, 6) is 0.367. The van der Waals surface area contributed by atoms with Gasteiger partial charge in [-0.05, 0) is 39.5 Å². The minimum atomic E-state index is -0.0706. The first-order valence-corrected chi connectivity index (χ1v) is 5.42. The molecule has 3 atom stereocenters. The van der Waals surface area contributed by atoms with E-state index in [1.165, 1.54) is 0 Å². The topological polar surface area (TPSA) is 35.5 Å². The molecule has 3 nitrogen and oxygen atoms in total. The molecular formula is C11H20O3. The van der Waals surface area contributed by atoms with Crippen molar-refractivity contribution < 1.29 is 14.3 Å². The highest BCUT2D eigenvalue weighted by Gasteiger charge is 2.26. The Kier molecular flexibility index (Phi) is 4.39. The predicted octanol–water partition coefficient (Wildman–Crippen LogP) is 2.14. The third-order valence-electron chi connectivity index (χ3n) is 2.56. The molecule has 82 valence electrons. The van der Waals surface area contributed by atoms with Crippen LogP contribution in [-0.4, -0.2) is 24.8 Å². The van der Waals surface area contributed by atoms with Gasteiger partial charge < -0.3 is 9.47 Å². The lowest BCUT2D eigenvalue weighted by molar-refractivity contribution is -0.146. The number of hydrogen-bond acceptors (Lipinski definition) is 3. The Morgan fingerprint density at radius 1 is 1.36 bits per heavy atom. The van der Waals surface area contributed by atoms with Crippen LogP contribution in [-0.2, 0) is 14.3 Å². The van der Waals surface area contributed by atoms with Crippen LogP contribution >= 0.6 is 0 Å². The number of carbonyl (C=O) groups is 1. The van der Waals surface area contributed by atoms with E-state index in [2.05, 4.69) is 13.8 Å². The molecule has 1 unspecified atom stereocenters. The minimum absolute atomic E-state index is 0.0706. The van der Waals surface area contributed by atoms with Crippen molar-refractivity contribution >= 4 is 5.97 Å². The van der Waals surface area contributed by atoms with Crippen LogP contribution in [0.1, 0.15) is 40.0 Å². The molecule has 0 amide bonds. The summed E-state index contributed by atoms with van der Waals surface area (Å²) in [6.07, 6.45) is 3.05. The zero-order chi connectivity index (χ0) is 10.6. The van der Waals surface area contributed by atoms with Crippen LogP contribution in [0.25, 0.3) is 0 Å². The zero-order valence-corrected chi connectivity index (χ0v) is 9.29. The van der Waals surface area contributed by atoms with E-state index in [9.17, 15) is 4.79 Å². The summed E-state index contributed by atoms with van der Waals surface area (Å²) in [5, 5.41) is 0. The van der Waals surface area contributed by atoms with Crippen molar-refractivity contribution in [2.45, 2.75) is 52.2 Å². The Bertz CT molecular complexity index is 181. The van der Waals surface area contributed by atoms with Crippen LogP contribution in [0.3, 0.4) is 0 Å². The van der Waals surface area contributed by atoms with Crippen LogP contribution in [0.5, 0.6) is 0 Å². The Morgan fingerprint density at radius 3 is 2.43 bits per heavy atom. The number of ether oxygens (including phenoxy) is 2. The zero-order valence-electron chi connectivity index (χ0n) is 9.29. The van der Waals surface area contributed by atoms with Gasteiger partial charge in [0, 0.05) is 6.42 Å². The van der Waals surface area contributed by atoms with Gasteiger partial charge >= 0.3 is 5.97 Å². The Balaban J connectivity index is 2.33. The molecule has 0 N–H and O–H groups in total. The van der Waals surface area contributed by atoms with Gasteiger partial charge in [0.25, 0.3) is 0 Å². The molecule has 1 aliphatic rings. The molecule has 0 aromatic carbocycles. The molecule has 0 bridgehead atoms. The van der Waals surface area contributed by atoms with Crippen molar-refractivity contribution in [1.29, 1.82) is 0 Å². The SMILES string of the molecule is CCOC(=O)CC1C[C@@H](C)O[C@@H](C)C1. The molecule has 0 aromatic rings. The molecule has 0 radical (unpaired) electrons. The van der Waals surface area contributed by atoms with Crippen LogP contribution < -0.4 is 0 Å². The third kappa shape index (κ3) is 3.66. The van der Waals surface area contributed by atoms with Crippen molar-refractivity contribution in [3.63, 3.8) is 0 Å². The molecule has 0 aliphatic carbocycles. The lowest BCUT2D eigenvalue weighted by Crippen LogP contribution is -2.30. The van der Waals surface area contributed by atoms with E-state index >= 15 is 0 Å². The fourth-order valence-corrected chi connectivity index (χ4v) is 2.17. The van der Waals surface area contributed by atoms with E-state index in [1.807, 2.05) is 6.92 Å². The van der Waals surface area contributed by atoms with E-state index in [0.29, 0.717) is 18.9 Å². The highest BCUT2D eigenvalue weighted by atomic mass is 16.5. The van der Waals surface area contributed by atoms with Gasteiger partial charge in [0.2, 0.25) is 0 Å². The fourth-order valence-electron chi connectivity index (χ4n) is 2.17. The lowest BCUT2D eigenvalue weighted by Gasteiger charge is -2.31. The van der Waals surface area contributed by atoms with Gasteiger partial charge in [-0.25, -0.2) is 0 Å². The molecule has 1 rings (SSSR count). The molecule has 3 heteroatoms. The monoisotopic (exact) mass is 200 g/mol. The number of rotatable bonds is 3.